The lowest BCUT2D eigenvalue weighted by molar-refractivity contribution is -0.405. The quantitative estimate of drug-likeness (QED) is 0.0277. The van der Waals surface area contributed by atoms with Gasteiger partial charge >= 0.3 is 0 Å². The molecule has 9 aliphatic rings. The maximum atomic E-state index is 13.2. The Bertz CT molecular complexity index is 3250. The maximum Gasteiger partial charge on any atom is 0.217 e. The molecule has 0 aliphatic carbocycles. The van der Waals surface area contributed by atoms with E-state index in [0.717, 1.165) is 27.7 Å². The van der Waals surface area contributed by atoms with Crippen LogP contribution in [0.15, 0.2) is 0 Å². The normalized spacial score (nSPS) is 46.7. The van der Waals surface area contributed by atoms with Gasteiger partial charge in [0.1, 0.15) is 238 Å². The van der Waals surface area contributed by atoms with Crippen LogP contribution >= 0.6 is 0 Å². The van der Waals surface area contributed by atoms with Crippen molar-refractivity contribution in [2.24, 2.45) is 0 Å². The van der Waals surface area contributed by atoms with Gasteiger partial charge < -0.3 is 255 Å². The summed E-state index contributed by atoms with van der Waals surface area (Å²) in [6, 6.07) is -7.69. The third-order valence-electron chi connectivity index (χ3n) is 22.1. The van der Waals surface area contributed by atoms with Gasteiger partial charge in [-0.25, -0.2) is 0 Å². The molecule has 0 spiro atoms. The van der Waals surface area contributed by atoms with Gasteiger partial charge in [-0.05, 0) is 0 Å². The van der Waals surface area contributed by atoms with E-state index < -0.39 is 397 Å². The first-order valence-corrected chi connectivity index (χ1v) is 39.1. The van der Waals surface area contributed by atoms with Crippen molar-refractivity contribution in [3.63, 3.8) is 0 Å². The molecule has 9 rings (SSSR count). The molecule has 55 heteroatoms. The van der Waals surface area contributed by atoms with E-state index in [9.17, 15) is 167 Å². The van der Waals surface area contributed by atoms with E-state index in [1.165, 1.54) is 0 Å². The fourth-order valence-corrected chi connectivity index (χ4v) is 15.4. The summed E-state index contributed by atoms with van der Waals surface area (Å²) in [7, 11) is 0. The molecule has 714 valence electrons. The molecule has 0 aromatic carbocycles. The smallest absolute Gasteiger partial charge is 0.217 e. The molecule has 9 aliphatic heterocycles. The topological polar surface area (TPSA) is 869 Å². The molecule has 9 heterocycles. The molecule has 9 fully saturated rings. The number of amides is 4. The molecule has 0 bridgehead atoms. The van der Waals surface area contributed by atoms with E-state index in [1.54, 1.807) is 0 Å². The fraction of sp³-hybridized carbons (Fsp3) is 0.941. The first-order chi connectivity index (χ1) is 58.2. The van der Waals surface area contributed by atoms with Gasteiger partial charge in [-0.1, -0.05) is 0 Å². The minimum Gasteiger partial charge on any atom is -0.394 e. The third kappa shape index (κ3) is 23.5. The zero-order valence-corrected chi connectivity index (χ0v) is 66.0. The summed E-state index contributed by atoms with van der Waals surface area (Å²) in [4.78, 5) is 51.2. The van der Waals surface area contributed by atoms with Crippen molar-refractivity contribution >= 4 is 23.6 Å². The van der Waals surface area contributed by atoms with E-state index in [-0.39, 0.29) is 0 Å². The van der Waals surface area contributed by atoms with Gasteiger partial charge in [-0.15, -0.1) is 0 Å². The summed E-state index contributed by atoms with van der Waals surface area (Å²) in [5.41, 5.74) is 0. The highest BCUT2D eigenvalue weighted by molar-refractivity contribution is 5.74. The highest BCUT2D eigenvalue weighted by atomic mass is 16.8. The second-order valence-corrected chi connectivity index (χ2v) is 30.8. The minimum absolute atomic E-state index is 0.839. The number of carbonyl (C=O) groups is 4. The van der Waals surface area contributed by atoms with Crippen molar-refractivity contribution in [2.45, 2.75) is 328 Å². The zero-order chi connectivity index (χ0) is 90.9. The number of carbonyl (C=O) groups excluding carboxylic acids is 4. The molecule has 0 saturated carbocycles. The third-order valence-corrected chi connectivity index (χ3v) is 22.1. The molecule has 0 aromatic rings. The Balaban J connectivity index is 1.13. The number of aliphatic hydroxyl groups excluding tert-OH is 29. The first kappa shape index (κ1) is 103. The first-order valence-electron chi connectivity index (χ1n) is 39.1. The molecule has 9 saturated heterocycles. The standard InChI is InChI=1S/C68H116N4O51/c1-16(82)69-20(5-73)34(87)53(21(86)6-74)117-61-32(71-18(3)84)42(95)55(27(12-80)112-61)120-67-52(105)58(40(93)30(116-67)15-107-64-51(104)57(121-66-49(102)46(99)38(91)25(10-78)111-66)39(92)29(115-64)14-106-63-47(100)44(97)36(89)23(8-76)109-63)122-68-59(50(103)56(28(13-81)114-68)118-60-31(70-17(2)83)41(94)35(88)22(7-75)108-60)123-62-33(72-19(4)85)43(96)54(26(11-79)113-62)119-65-48(101)45(98)37(90)24(9-77)110-65/h20-68,73-81,86-105H,5-15H2,1-4H3,(H,69,82)(H,70,83)(H,71,84)(H,72,85)/t20-,21+,22+,23+,24+,25+,26+,27+,28+,29+,30+,31+,32+,33+,34+,35+,36+,37-,38+,39+,40+,41+,42+,43+,44-,45-,46-,47-,48+,49-,50-,51-,52-,53+,54+,55+,56+,57-,58-,59-,60-,61-,62-,63-,64-,65-,66+,67-,68+/m0/s1. The largest absolute Gasteiger partial charge is 0.394 e. The van der Waals surface area contributed by atoms with E-state index >= 15 is 0 Å². The molecule has 123 heavy (non-hydrogen) atoms. The van der Waals surface area contributed by atoms with E-state index in [2.05, 4.69) is 21.3 Å². The lowest BCUT2D eigenvalue weighted by Crippen LogP contribution is -2.71. The van der Waals surface area contributed by atoms with Gasteiger partial charge in [0.25, 0.3) is 0 Å². The van der Waals surface area contributed by atoms with E-state index in [4.69, 9.17) is 85.3 Å². The van der Waals surface area contributed by atoms with Crippen molar-refractivity contribution in [3.8, 4) is 0 Å². The van der Waals surface area contributed by atoms with Crippen LogP contribution in [0.2, 0.25) is 0 Å². The second-order valence-electron chi connectivity index (χ2n) is 30.8. The average Bonchev–Trinajstić information content (AvgIpc) is 0.758. The van der Waals surface area contributed by atoms with Gasteiger partial charge in [0.15, 0.2) is 56.6 Å². The van der Waals surface area contributed by atoms with E-state index in [0.29, 0.717) is 0 Å². The number of hydrogen-bond donors (Lipinski definition) is 33. The fourth-order valence-electron chi connectivity index (χ4n) is 15.4. The maximum absolute atomic E-state index is 13.2. The Morgan fingerprint density at radius 1 is 0.276 bits per heavy atom. The Hall–Kier alpha value is -4.00. The van der Waals surface area contributed by atoms with Crippen LogP contribution in [0.3, 0.4) is 0 Å². The summed E-state index contributed by atoms with van der Waals surface area (Å²) in [5, 5.41) is 332. The molecule has 33 N–H and O–H groups in total. The van der Waals surface area contributed by atoms with Crippen molar-refractivity contribution in [3.05, 3.63) is 0 Å². The Labute approximate surface area is 696 Å². The Kier molecular flexibility index (Phi) is 38.2. The summed E-state index contributed by atoms with van der Waals surface area (Å²) in [6.45, 7) is -8.95. The van der Waals surface area contributed by atoms with Gasteiger partial charge in [-0.3, -0.25) is 19.2 Å². The number of rotatable bonds is 36. The van der Waals surface area contributed by atoms with Crippen LogP contribution in [0.25, 0.3) is 0 Å². The van der Waals surface area contributed by atoms with Gasteiger partial charge in [-0.2, -0.15) is 0 Å². The number of hydrogen-bond acceptors (Lipinski definition) is 51. The zero-order valence-electron chi connectivity index (χ0n) is 66.0. The van der Waals surface area contributed by atoms with Gasteiger partial charge in [0.2, 0.25) is 23.6 Å². The molecule has 55 nitrogen and oxygen atoms in total. The van der Waals surface area contributed by atoms with Crippen LogP contribution in [-0.2, 0) is 104 Å². The molecule has 4 amide bonds. The number of ether oxygens (including phenoxy) is 18. The van der Waals surface area contributed by atoms with Gasteiger partial charge in [0.05, 0.1) is 78.7 Å². The van der Waals surface area contributed by atoms with Gasteiger partial charge in [0, 0.05) is 27.7 Å². The molecular weight excluding hydrogens is 1690 g/mol. The van der Waals surface area contributed by atoms with E-state index in [1.807, 2.05) is 0 Å². The second kappa shape index (κ2) is 45.7. The van der Waals surface area contributed by atoms with Crippen molar-refractivity contribution < 1.29 is 253 Å². The summed E-state index contributed by atoms with van der Waals surface area (Å²) >= 11 is 0. The van der Waals surface area contributed by atoms with Crippen LogP contribution in [0.1, 0.15) is 27.7 Å². The summed E-state index contributed by atoms with van der Waals surface area (Å²) in [6.07, 6.45) is -98.4. The van der Waals surface area contributed by atoms with Crippen LogP contribution in [-0.4, -0.2) is 545 Å². The minimum atomic E-state index is -2.72. The van der Waals surface area contributed by atoms with Crippen molar-refractivity contribution in [1.82, 2.24) is 21.3 Å². The highest BCUT2D eigenvalue weighted by Gasteiger charge is 2.62. The molecule has 0 aromatic heterocycles. The van der Waals surface area contributed by atoms with Crippen LogP contribution < -0.4 is 21.3 Å². The van der Waals surface area contributed by atoms with Crippen LogP contribution in [0.4, 0.5) is 0 Å². The predicted molar refractivity (Wildman–Crippen MR) is 378 cm³/mol. The SMILES string of the molecule is CC(=O)N[C@H]1[C@H](O[C@@H]([C@H](O)[C@H](CO)NC(C)=O)[C@H](O)CO)O[C@H](CO)[C@@H](O[C@@H]2O[C@H](CO[C@H]3O[C@H](CO[C@H]4O[C@H](CO)[C@@H](O)[C@H](O)[C@@H]4O)[C@@H](O)[C@H](O[C@H]4O[C@H](CO)[C@@H](O)[C@H](O)[C@@H]4O)[C@@H]3O)[C@@H](O)[C@H](O[C@H]3O[C@H](CO)[C@@H](O[C@@H]4O[C@H](CO)[C@@H](O)[C@H](O)[C@H]4NC(C)=O)[C@H](O)[C@@H]3O[C@@H]3O[C@H](CO)[C@@H](O[C@@H]4O[C@H](CO)[C@H](O)[C@H](O)[C@H]4O)[C@H](O)[C@H]3NC(C)=O)[C@@H]2O)[C@@H]1O. The summed E-state index contributed by atoms with van der Waals surface area (Å²) < 4.78 is 107. The molecular formula is C68H116N4O51. The monoisotopic (exact) mass is 1800 g/mol. The average molecular weight is 1810 g/mol. The number of nitrogens with one attached hydrogen (secondary N) is 4. The summed E-state index contributed by atoms with van der Waals surface area (Å²) in [5.74, 6) is -3.82. The van der Waals surface area contributed by atoms with Crippen molar-refractivity contribution in [2.75, 3.05) is 72.7 Å². The van der Waals surface area contributed by atoms with Crippen molar-refractivity contribution in [1.29, 1.82) is 0 Å². The van der Waals surface area contributed by atoms with Crippen LogP contribution in [0.5, 0.6) is 0 Å². The molecule has 0 radical (unpaired) electrons. The Morgan fingerprint density at radius 2 is 0.569 bits per heavy atom. The number of aliphatic hydroxyl groups is 29. The molecule has 0 unspecified atom stereocenters. The lowest BCUT2D eigenvalue weighted by Gasteiger charge is -2.52. The predicted octanol–water partition coefficient (Wildman–Crippen LogP) is -22.6. The highest BCUT2D eigenvalue weighted by Crippen LogP contribution is 2.41. The molecule has 49 atom stereocenters. The van der Waals surface area contributed by atoms with Crippen LogP contribution in [0, 0.1) is 0 Å². The lowest BCUT2D eigenvalue weighted by atomic mass is 9.93. The Morgan fingerprint density at radius 3 is 0.976 bits per heavy atom.